The summed E-state index contributed by atoms with van der Waals surface area (Å²) in [7, 11) is 0. The van der Waals surface area contributed by atoms with E-state index in [1.807, 2.05) is 41.2 Å². The van der Waals surface area contributed by atoms with E-state index in [-0.39, 0.29) is 6.03 Å². The lowest BCUT2D eigenvalue weighted by Gasteiger charge is -2.07. The summed E-state index contributed by atoms with van der Waals surface area (Å²) in [5.41, 5.74) is 1.88. The Kier molecular flexibility index (Phi) is 4.34. The van der Waals surface area contributed by atoms with Crippen LogP contribution in [-0.4, -0.2) is 22.4 Å². The van der Waals surface area contributed by atoms with Gasteiger partial charge in [0.05, 0.1) is 6.54 Å². The molecule has 2 rings (SSSR count). The maximum atomic E-state index is 11.4. The summed E-state index contributed by atoms with van der Waals surface area (Å²) in [6, 6.07) is 9.31. The van der Waals surface area contributed by atoms with Crippen molar-refractivity contribution in [3.63, 3.8) is 0 Å². The first-order chi connectivity index (χ1) is 9.28. The van der Waals surface area contributed by atoms with Crippen LogP contribution in [0.5, 0.6) is 0 Å². The third-order valence-electron chi connectivity index (χ3n) is 2.52. The van der Waals surface area contributed by atoms with Crippen molar-refractivity contribution in [1.29, 1.82) is 0 Å². The Bertz CT molecular complexity index is 531. The standard InChI is InChI=1S/C14H16N4O/c1-2-8-15-14(19)17-13-6-4-12(5-7-13)11-18-10-3-9-16-18/h2-7,9-10H,1,8,11H2,(H2,15,17,19). The lowest BCUT2D eigenvalue weighted by Crippen LogP contribution is -2.28. The minimum absolute atomic E-state index is 0.236. The number of hydrogen-bond donors (Lipinski definition) is 2. The van der Waals surface area contributed by atoms with Gasteiger partial charge < -0.3 is 10.6 Å². The Morgan fingerprint density at radius 3 is 2.79 bits per heavy atom. The molecule has 5 nitrogen and oxygen atoms in total. The molecule has 0 aliphatic rings. The number of hydrogen-bond acceptors (Lipinski definition) is 2. The van der Waals surface area contributed by atoms with Crippen LogP contribution in [0.2, 0.25) is 0 Å². The Hall–Kier alpha value is -2.56. The minimum Gasteiger partial charge on any atom is -0.334 e. The number of urea groups is 1. The van der Waals surface area contributed by atoms with Crippen LogP contribution >= 0.6 is 0 Å². The topological polar surface area (TPSA) is 59.0 Å². The van der Waals surface area contributed by atoms with Gasteiger partial charge in [-0.05, 0) is 23.8 Å². The number of aromatic nitrogens is 2. The van der Waals surface area contributed by atoms with Gasteiger partial charge in [0.25, 0.3) is 0 Å². The summed E-state index contributed by atoms with van der Waals surface area (Å²) in [5, 5.41) is 9.54. The van der Waals surface area contributed by atoms with Crippen LogP contribution in [0.3, 0.4) is 0 Å². The molecule has 98 valence electrons. The van der Waals surface area contributed by atoms with Crippen LogP contribution < -0.4 is 10.6 Å². The summed E-state index contributed by atoms with van der Waals surface area (Å²) < 4.78 is 1.85. The van der Waals surface area contributed by atoms with Crippen molar-refractivity contribution in [3.8, 4) is 0 Å². The summed E-state index contributed by atoms with van der Waals surface area (Å²) in [6.45, 7) is 4.70. The molecule has 0 aliphatic heterocycles. The number of anilines is 1. The van der Waals surface area contributed by atoms with Gasteiger partial charge in [0.1, 0.15) is 0 Å². The molecule has 0 radical (unpaired) electrons. The monoisotopic (exact) mass is 256 g/mol. The summed E-state index contributed by atoms with van der Waals surface area (Å²) in [4.78, 5) is 11.4. The van der Waals surface area contributed by atoms with Crippen molar-refractivity contribution in [2.45, 2.75) is 6.54 Å². The van der Waals surface area contributed by atoms with Crippen molar-refractivity contribution < 1.29 is 4.79 Å². The summed E-state index contributed by atoms with van der Waals surface area (Å²) in [5.74, 6) is 0. The Labute approximate surface area is 111 Å². The van der Waals surface area contributed by atoms with Gasteiger partial charge in [0.2, 0.25) is 0 Å². The lowest BCUT2D eigenvalue weighted by molar-refractivity contribution is 0.253. The normalized spacial score (nSPS) is 9.89. The van der Waals surface area contributed by atoms with Crippen LogP contribution in [0, 0.1) is 0 Å². The average molecular weight is 256 g/mol. The third kappa shape index (κ3) is 3.99. The molecule has 0 saturated carbocycles. The molecule has 1 aromatic heterocycles. The maximum absolute atomic E-state index is 11.4. The molecule has 1 aromatic carbocycles. The second kappa shape index (κ2) is 6.39. The van der Waals surface area contributed by atoms with E-state index in [0.717, 1.165) is 17.8 Å². The highest BCUT2D eigenvalue weighted by Gasteiger charge is 2.00. The fraction of sp³-hybridized carbons (Fsp3) is 0.143. The van der Waals surface area contributed by atoms with Crippen molar-refractivity contribution in [3.05, 3.63) is 60.9 Å². The molecule has 2 amide bonds. The zero-order valence-corrected chi connectivity index (χ0v) is 10.5. The first-order valence-corrected chi connectivity index (χ1v) is 6.00. The largest absolute Gasteiger partial charge is 0.334 e. The SMILES string of the molecule is C=CCNC(=O)Nc1ccc(Cn2cccn2)cc1. The van der Waals surface area contributed by atoms with Crippen LogP contribution in [0.1, 0.15) is 5.56 Å². The molecule has 0 aliphatic carbocycles. The highest BCUT2D eigenvalue weighted by Crippen LogP contribution is 2.10. The smallest absolute Gasteiger partial charge is 0.319 e. The van der Waals surface area contributed by atoms with Gasteiger partial charge in [-0.15, -0.1) is 6.58 Å². The van der Waals surface area contributed by atoms with Gasteiger partial charge in [-0.2, -0.15) is 5.10 Å². The van der Waals surface area contributed by atoms with Crippen molar-refractivity contribution in [2.24, 2.45) is 0 Å². The Balaban J connectivity index is 1.91. The molecular formula is C14H16N4O. The van der Waals surface area contributed by atoms with Crippen LogP contribution in [-0.2, 0) is 6.54 Å². The fourth-order valence-corrected chi connectivity index (χ4v) is 1.61. The molecular weight excluding hydrogens is 240 g/mol. The van der Waals surface area contributed by atoms with Gasteiger partial charge in [0, 0.05) is 24.6 Å². The van der Waals surface area contributed by atoms with Gasteiger partial charge in [-0.3, -0.25) is 4.68 Å². The predicted octanol–water partition coefficient (Wildman–Crippen LogP) is 2.24. The highest BCUT2D eigenvalue weighted by atomic mass is 16.2. The number of amides is 2. The zero-order chi connectivity index (χ0) is 13.5. The zero-order valence-electron chi connectivity index (χ0n) is 10.5. The molecule has 1 heterocycles. The Morgan fingerprint density at radius 1 is 1.37 bits per heavy atom. The van der Waals surface area contributed by atoms with Gasteiger partial charge in [0.15, 0.2) is 0 Å². The highest BCUT2D eigenvalue weighted by molar-refractivity contribution is 5.89. The lowest BCUT2D eigenvalue weighted by atomic mass is 10.2. The summed E-state index contributed by atoms with van der Waals surface area (Å²) >= 11 is 0. The first-order valence-electron chi connectivity index (χ1n) is 6.00. The predicted molar refractivity (Wildman–Crippen MR) is 75.0 cm³/mol. The Morgan fingerprint density at radius 2 is 2.16 bits per heavy atom. The number of carbonyl (C=O) groups excluding carboxylic acids is 1. The van der Waals surface area contributed by atoms with E-state index >= 15 is 0 Å². The van der Waals surface area contributed by atoms with E-state index in [0.29, 0.717) is 6.54 Å². The minimum atomic E-state index is -0.236. The van der Waals surface area contributed by atoms with Gasteiger partial charge in [-0.1, -0.05) is 18.2 Å². The molecule has 0 atom stereocenters. The number of rotatable bonds is 5. The van der Waals surface area contributed by atoms with E-state index in [1.54, 1.807) is 12.3 Å². The molecule has 0 spiro atoms. The molecule has 0 fully saturated rings. The first kappa shape index (κ1) is 12.9. The number of carbonyl (C=O) groups is 1. The van der Waals surface area contributed by atoms with Crippen molar-refractivity contribution in [2.75, 3.05) is 11.9 Å². The molecule has 0 bridgehead atoms. The van der Waals surface area contributed by atoms with E-state index in [2.05, 4.69) is 22.3 Å². The third-order valence-corrected chi connectivity index (χ3v) is 2.52. The number of nitrogens with zero attached hydrogens (tertiary/aromatic N) is 2. The second-order valence-corrected chi connectivity index (χ2v) is 4.02. The molecule has 5 heteroatoms. The number of benzene rings is 1. The molecule has 0 unspecified atom stereocenters. The molecule has 2 aromatic rings. The quantitative estimate of drug-likeness (QED) is 0.806. The second-order valence-electron chi connectivity index (χ2n) is 4.02. The molecule has 19 heavy (non-hydrogen) atoms. The maximum Gasteiger partial charge on any atom is 0.319 e. The van der Waals surface area contributed by atoms with E-state index in [4.69, 9.17) is 0 Å². The van der Waals surface area contributed by atoms with Crippen molar-refractivity contribution in [1.82, 2.24) is 15.1 Å². The van der Waals surface area contributed by atoms with Gasteiger partial charge >= 0.3 is 6.03 Å². The van der Waals surface area contributed by atoms with Crippen LogP contribution in [0.15, 0.2) is 55.4 Å². The molecule has 2 N–H and O–H groups in total. The van der Waals surface area contributed by atoms with Crippen LogP contribution in [0.25, 0.3) is 0 Å². The van der Waals surface area contributed by atoms with E-state index in [1.165, 1.54) is 0 Å². The van der Waals surface area contributed by atoms with Crippen molar-refractivity contribution >= 4 is 11.7 Å². The summed E-state index contributed by atoms with van der Waals surface area (Å²) in [6.07, 6.45) is 5.29. The van der Waals surface area contributed by atoms with Gasteiger partial charge in [-0.25, -0.2) is 4.79 Å². The number of nitrogens with one attached hydrogen (secondary N) is 2. The fourth-order valence-electron chi connectivity index (χ4n) is 1.61. The molecule has 0 saturated heterocycles. The van der Waals surface area contributed by atoms with E-state index < -0.39 is 0 Å². The average Bonchev–Trinajstić information content (AvgIpc) is 2.91. The van der Waals surface area contributed by atoms with E-state index in [9.17, 15) is 4.79 Å². The van der Waals surface area contributed by atoms with Crippen LogP contribution in [0.4, 0.5) is 10.5 Å².